The van der Waals surface area contributed by atoms with Crippen LogP contribution in [-0.2, 0) is 11.0 Å². The number of nitrogens with zero attached hydrogens (tertiary/aromatic N) is 3. The average molecular weight is 706 g/mol. The van der Waals surface area contributed by atoms with E-state index in [0.717, 1.165) is 67.0 Å². The van der Waals surface area contributed by atoms with E-state index >= 15 is 0 Å². The van der Waals surface area contributed by atoms with Crippen molar-refractivity contribution in [2.24, 2.45) is 10.9 Å². The van der Waals surface area contributed by atoms with Gasteiger partial charge in [0.25, 0.3) is 5.91 Å². The van der Waals surface area contributed by atoms with Crippen molar-refractivity contribution in [3.63, 3.8) is 0 Å². The zero-order chi connectivity index (χ0) is 35.1. The Balaban J connectivity index is 1.11. The molecule has 1 fully saturated rings. The number of amides is 2. The van der Waals surface area contributed by atoms with Gasteiger partial charge in [0.1, 0.15) is 11.8 Å². The molecule has 2 unspecified atom stereocenters. The summed E-state index contributed by atoms with van der Waals surface area (Å²) in [6.45, 7) is 4.66. The first kappa shape index (κ1) is 36.0. The zero-order valence-corrected chi connectivity index (χ0v) is 29.5. The highest BCUT2D eigenvalue weighted by atomic mass is 32.2. The SMILES string of the molecule is CCCCCCCN(C(=O)C1CSC(C2CCN(C(=O)c3ccccc3-c3ccc(C(F)(F)F)cc3)CC2)=N1)C1CCCOc2ccccc21. The predicted molar refractivity (Wildman–Crippen MR) is 194 cm³/mol. The standard InChI is InChI=1S/C40H46F3N3O3S/c1-2-3-4-5-10-23-46(35-15-11-26-49-36-16-9-8-14-33(35)36)39(48)34-27-50-37(44-34)29-21-24-45(25-22-29)38(47)32-13-7-6-12-31(32)28-17-19-30(20-18-28)40(41,42)43/h6-9,12-14,16-20,29,34-35H,2-5,10-11,15,21-27H2,1H3. The molecule has 3 heterocycles. The normalized spacial score (nSPS) is 19.7. The third kappa shape index (κ3) is 8.39. The number of piperidine rings is 1. The number of para-hydroxylation sites is 1. The van der Waals surface area contributed by atoms with Gasteiger partial charge < -0.3 is 14.5 Å². The van der Waals surface area contributed by atoms with E-state index in [4.69, 9.17) is 9.73 Å². The number of halogens is 3. The largest absolute Gasteiger partial charge is 0.493 e. The van der Waals surface area contributed by atoms with E-state index in [1.807, 2.05) is 23.1 Å². The van der Waals surface area contributed by atoms with Gasteiger partial charge in [-0.1, -0.05) is 81.1 Å². The van der Waals surface area contributed by atoms with Gasteiger partial charge in [0, 0.05) is 42.4 Å². The smallest absolute Gasteiger partial charge is 0.416 e. The maximum atomic E-state index is 14.3. The number of ether oxygens (including phenoxy) is 1. The lowest BCUT2D eigenvalue weighted by Crippen LogP contribution is -2.42. The van der Waals surface area contributed by atoms with Gasteiger partial charge in [-0.3, -0.25) is 14.6 Å². The lowest BCUT2D eigenvalue weighted by Gasteiger charge is -2.33. The second-order valence-corrected chi connectivity index (χ2v) is 14.5. The van der Waals surface area contributed by atoms with Crippen LogP contribution in [0.3, 0.4) is 0 Å². The van der Waals surface area contributed by atoms with E-state index in [9.17, 15) is 22.8 Å². The second-order valence-electron chi connectivity index (χ2n) is 13.5. The number of carbonyl (C=O) groups excluding carboxylic acids is 2. The van der Waals surface area contributed by atoms with Crippen molar-refractivity contribution in [3.05, 3.63) is 89.5 Å². The first-order valence-corrected chi connectivity index (χ1v) is 19.0. The molecular weight excluding hydrogens is 660 g/mol. The van der Waals surface area contributed by atoms with Gasteiger partial charge in [-0.25, -0.2) is 0 Å². The van der Waals surface area contributed by atoms with Crippen LogP contribution >= 0.6 is 11.8 Å². The number of aliphatic imine (C=N–C) groups is 1. The monoisotopic (exact) mass is 705 g/mol. The number of unbranched alkanes of at least 4 members (excludes halogenated alkanes) is 4. The fourth-order valence-corrected chi connectivity index (χ4v) is 8.54. The Morgan fingerprint density at radius 2 is 1.64 bits per heavy atom. The molecule has 0 spiro atoms. The van der Waals surface area contributed by atoms with Crippen LogP contribution in [0.1, 0.15) is 92.2 Å². The van der Waals surface area contributed by atoms with Crippen molar-refractivity contribution < 1.29 is 27.5 Å². The number of alkyl halides is 3. The number of likely N-dealkylation sites (tertiary alicyclic amines) is 1. The molecule has 3 aliphatic heterocycles. The molecule has 0 N–H and O–H groups in total. The Labute approximate surface area is 297 Å². The number of carbonyl (C=O) groups is 2. The minimum atomic E-state index is -4.42. The Bertz CT molecular complexity index is 1650. The van der Waals surface area contributed by atoms with Crippen LogP contribution in [0, 0.1) is 5.92 Å². The van der Waals surface area contributed by atoms with Gasteiger partial charge in [-0.2, -0.15) is 13.2 Å². The number of rotatable bonds is 11. The van der Waals surface area contributed by atoms with Gasteiger partial charge in [0.05, 0.1) is 23.3 Å². The fourth-order valence-electron chi connectivity index (χ4n) is 7.32. The summed E-state index contributed by atoms with van der Waals surface area (Å²) in [5.41, 5.74) is 2.02. The Kier molecular flexibility index (Phi) is 11.9. The maximum Gasteiger partial charge on any atom is 0.416 e. The molecule has 6 rings (SSSR count). The molecule has 266 valence electrons. The number of hydrogen-bond acceptors (Lipinski definition) is 5. The van der Waals surface area contributed by atoms with E-state index in [0.29, 0.717) is 48.7 Å². The Morgan fingerprint density at radius 3 is 2.40 bits per heavy atom. The summed E-state index contributed by atoms with van der Waals surface area (Å²) >= 11 is 1.68. The summed E-state index contributed by atoms with van der Waals surface area (Å²) < 4.78 is 45.5. The first-order valence-electron chi connectivity index (χ1n) is 18.0. The van der Waals surface area contributed by atoms with Crippen LogP contribution in [0.5, 0.6) is 5.75 Å². The highest BCUT2D eigenvalue weighted by Gasteiger charge is 2.37. The van der Waals surface area contributed by atoms with E-state index in [-0.39, 0.29) is 23.8 Å². The van der Waals surface area contributed by atoms with Crippen molar-refractivity contribution in [2.45, 2.75) is 83.0 Å². The lowest BCUT2D eigenvalue weighted by molar-refractivity contribution is -0.137. The van der Waals surface area contributed by atoms with Crippen LogP contribution in [-0.4, -0.2) is 64.7 Å². The van der Waals surface area contributed by atoms with Crippen LogP contribution in [0.2, 0.25) is 0 Å². The maximum absolute atomic E-state index is 14.3. The molecule has 2 atom stereocenters. The Morgan fingerprint density at radius 1 is 0.920 bits per heavy atom. The molecule has 3 aromatic rings. The summed E-state index contributed by atoms with van der Waals surface area (Å²) in [6.07, 6.45) is 4.45. The zero-order valence-electron chi connectivity index (χ0n) is 28.7. The molecule has 6 nitrogen and oxygen atoms in total. The minimum absolute atomic E-state index is 0.0312. The molecule has 0 radical (unpaired) electrons. The van der Waals surface area contributed by atoms with Gasteiger partial charge >= 0.3 is 6.18 Å². The number of benzene rings is 3. The molecule has 10 heteroatoms. The average Bonchev–Trinajstić information content (AvgIpc) is 3.54. The lowest BCUT2D eigenvalue weighted by atomic mass is 9.94. The molecule has 3 aliphatic rings. The summed E-state index contributed by atoms with van der Waals surface area (Å²) in [4.78, 5) is 37.0. The molecule has 50 heavy (non-hydrogen) atoms. The minimum Gasteiger partial charge on any atom is -0.493 e. The van der Waals surface area contributed by atoms with Crippen molar-refractivity contribution in [2.75, 3.05) is 32.0 Å². The molecule has 3 aromatic carbocycles. The topological polar surface area (TPSA) is 62.2 Å². The molecular formula is C40H46F3N3O3S. The van der Waals surface area contributed by atoms with Gasteiger partial charge in [-0.05, 0) is 67.5 Å². The van der Waals surface area contributed by atoms with Crippen LogP contribution < -0.4 is 4.74 Å². The number of hydrogen-bond donors (Lipinski definition) is 0. The third-order valence-electron chi connectivity index (χ3n) is 10.1. The molecule has 0 saturated carbocycles. The highest BCUT2D eigenvalue weighted by molar-refractivity contribution is 8.14. The van der Waals surface area contributed by atoms with E-state index in [2.05, 4.69) is 17.9 Å². The summed E-state index contributed by atoms with van der Waals surface area (Å²) in [5, 5.41) is 1.01. The van der Waals surface area contributed by atoms with Gasteiger partial charge in [0.2, 0.25) is 5.91 Å². The van der Waals surface area contributed by atoms with E-state index in [1.165, 1.54) is 31.4 Å². The van der Waals surface area contributed by atoms with Crippen molar-refractivity contribution in [1.29, 1.82) is 0 Å². The van der Waals surface area contributed by atoms with Crippen molar-refractivity contribution in [3.8, 4) is 16.9 Å². The number of fused-ring (bicyclic) bond motifs is 1. The summed E-state index contributed by atoms with van der Waals surface area (Å²) in [7, 11) is 0. The Hall–Kier alpha value is -3.79. The molecule has 0 bridgehead atoms. The predicted octanol–water partition coefficient (Wildman–Crippen LogP) is 9.45. The van der Waals surface area contributed by atoms with E-state index in [1.54, 1.807) is 36.0 Å². The summed E-state index contributed by atoms with van der Waals surface area (Å²) in [6, 6.07) is 19.7. The quantitative estimate of drug-likeness (QED) is 0.187. The van der Waals surface area contributed by atoms with Crippen molar-refractivity contribution in [1.82, 2.24) is 9.80 Å². The van der Waals surface area contributed by atoms with Crippen LogP contribution in [0.15, 0.2) is 77.8 Å². The molecule has 0 aliphatic carbocycles. The second kappa shape index (κ2) is 16.5. The number of thioether (sulfide) groups is 1. The summed E-state index contributed by atoms with van der Waals surface area (Å²) in [5.74, 6) is 1.64. The first-order chi connectivity index (χ1) is 24.2. The third-order valence-corrected chi connectivity index (χ3v) is 11.3. The highest BCUT2D eigenvalue weighted by Crippen LogP contribution is 2.38. The molecule has 1 saturated heterocycles. The fraction of sp³-hybridized carbons (Fsp3) is 0.475. The van der Waals surface area contributed by atoms with Crippen LogP contribution in [0.4, 0.5) is 13.2 Å². The van der Waals surface area contributed by atoms with Gasteiger partial charge in [0.15, 0.2) is 0 Å². The van der Waals surface area contributed by atoms with E-state index < -0.39 is 17.8 Å². The van der Waals surface area contributed by atoms with Gasteiger partial charge in [-0.15, -0.1) is 11.8 Å². The molecule has 2 amide bonds. The van der Waals surface area contributed by atoms with Crippen molar-refractivity contribution >= 4 is 28.6 Å². The van der Waals surface area contributed by atoms with Crippen LogP contribution in [0.25, 0.3) is 11.1 Å². The molecule has 0 aromatic heterocycles.